The van der Waals surface area contributed by atoms with Crippen molar-refractivity contribution in [1.82, 2.24) is 5.32 Å². The molecule has 5 N–H and O–H groups in total. The standard InChI is InChI=1S/C33H60NO9P/c1-23(2)12-8-13-24(3)14-9-15-25(4)16-10-17-26(5)18-11-19-27(6)20-21-41-44(39,40)43-33-30(34-28(7)36)32(38)31(37)29(22-35)42-33/h14,16,18,23,27,29-33,35,37-38H,8-13,15,17,19-22H2,1-7H3,(H,34,36)(H,39,40)/b24-14+,25-16+,26-18-/t27-,29+,30+,31+,32+,33+/m0/s1. The lowest BCUT2D eigenvalue weighted by Gasteiger charge is -2.42. The molecule has 1 rings (SSSR count). The number of carbonyl (C=O) groups excluding carboxylic acids is 1. The fraction of sp³-hybridized carbons (Fsp3) is 0.788. The molecule has 256 valence electrons. The van der Waals surface area contributed by atoms with Crippen LogP contribution in [0.25, 0.3) is 0 Å². The van der Waals surface area contributed by atoms with Crippen LogP contribution in [-0.2, 0) is 23.1 Å². The Morgan fingerprint density at radius 2 is 1.45 bits per heavy atom. The third-order valence-electron chi connectivity index (χ3n) is 7.92. The van der Waals surface area contributed by atoms with E-state index >= 15 is 0 Å². The summed E-state index contributed by atoms with van der Waals surface area (Å²) in [6, 6.07) is -1.33. The second-order valence-corrected chi connectivity index (χ2v) is 14.2. The minimum atomic E-state index is -4.64. The maximum Gasteiger partial charge on any atom is 0.474 e. The first kappa shape index (κ1) is 40.7. The molecule has 0 spiro atoms. The van der Waals surface area contributed by atoms with Gasteiger partial charge >= 0.3 is 7.82 Å². The van der Waals surface area contributed by atoms with Crippen molar-refractivity contribution in [1.29, 1.82) is 0 Å². The van der Waals surface area contributed by atoms with Crippen molar-refractivity contribution >= 4 is 13.7 Å². The average molecular weight is 646 g/mol. The molecule has 1 aliphatic heterocycles. The number of phosphoric acid groups is 1. The summed E-state index contributed by atoms with van der Waals surface area (Å²) in [6.07, 6.45) is 11.4. The topological polar surface area (TPSA) is 155 Å². The second-order valence-electron chi connectivity index (χ2n) is 12.8. The Morgan fingerprint density at radius 1 is 0.886 bits per heavy atom. The lowest BCUT2D eigenvalue weighted by molar-refractivity contribution is -0.248. The Hall–Kier alpha value is -1.36. The molecule has 0 saturated carbocycles. The molecule has 1 aliphatic rings. The Kier molecular flexibility index (Phi) is 19.8. The third-order valence-corrected chi connectivity index (χ3v) is 8.90. The van der Waals surface area contributed by atoms with Crippen LogP contribution >= 0.6 is 7.82 Å². The van der Waals surface area contributed by atoms with Crippen molar-refractivity contribution < 1.29 is 43.4 Å². The normalized spacial score (nSPS) is 25.6. The molecule has 1 unspecified atom stereocenters. The number of allylic oxidation sites excluding steroid dienone is 6. The number of hydrogen-bond acceptors (Lipinski definition) is 8. The molecule has 0 aromatic heterocycles. The fourth-order valence-electron chi connectivity index (χ4n) is 5.04. The number of rotatable bonds is 21. The number of ether oxygens (including phenoxy) is 1. The van der Waals surface area contributed by atoms with E-state index in [-0.39, 0.29) is 12.5 Å². The summed E-state index contributed by atoms with van der Waals surface area (Å²) in [7, 11) is -4.64. The zero-order chi connectivity index (χ0) is 33.3. The van der Waals surface area contributed by atoms with Crippen LogP contribution in [-0.4, -0.2) is 70.0 Å². The zero-order valence-electron chi connectivity index (χ0n) is 28.0. The van der Waals surface area contributed by atoms with E-state index in [0.717, 1.165) is 44.4 Å². The van der Waals surface area contributed by atoms with Gasteiger partial charge in [-0.2, -0.15) is 0 Å². The van der Waals surface area contributed by atoms with Crippen LogP contribution in [0, 0.1) is 11.8 Å². The molecule has 1 fully saturated rings. The summed E-state index contributed by atoms with van der Waals surface area (Å²) in [4.78, 5) is 21.8. The molecule has 0 aromatic rings. The van der Waals surface area contributed by atoms with Crippen LogP contribution in [0.2, 0.25) is 0 Å². The Labute approximate surface area is 265 Å². The summed E-state index contributed by atoms with van der Waals surface area (Å²) >= 11 is 0. The van der Waals surface area contributed by atoms with E-state index in [9.17, 15) is 29.6 Å². The highest BCUT2D eigenvalue weighted by atomic mass is 31.2. The highest BCUT2D eigenvalue weighted by Crippen LogP contribution is 2.46. The number of aliphatic hydroxyl groups is 3. The molecule has 0 aromatic carbocycles. The molecule has 1 saturated heterocycles. The van der Waals surface area contributed by atoms with Gasteiger partial charge in [0.25, 0.3) is 0 Å². The van der Waals surface area contributed by atoms with Crippen LogP contribution in [0.3, 0.4) is 0 Å². The van der Waals surface area contributed by atoms with Gasteiger partial charge in [-0.15, -0.1) is 0 Å². The molecule has 0 radical (unpaired) electrons. The van der Waals surface area contributed by atoms with Gasteiger partial charge in [0.15, 0.2) is 6.29 Å². The van der Waals surface area contributed by atoms with Crippen molar-refractivity contribution in [3.8, 4) is 0 Å². The van der Waals surface area contributed by atoms with Crippen LogP contribution in [0.4, 0.5) is 0 Å². The van der Waals surface area contributed by atoms with Gasteiger partial charge < -0.3 is 30.3 Å². The number of phosphoric ester groups is 1. The summed E-state index contributed by atoms with van der Waals surface area (Å²) in [5, 5.41) is 32.1. The minimum absolute atomic E-state index is 0.0412. The van der Waals surface area contributed by atoms with Gasteiger partial charge in [-0.1, -0.05) is 62.1 Å². The zero-order valence-corrected chi connectivity index (χ0v) is 28.9. The molecule has 10 nitrogen and oxygen atoms in total. The second kappa shape index (κ2) is 21.4. The number of nitrogens with one attached hydrogen (secondary N) is 1. The smallest absolute Gasteiger partial charge is 0.394 e. The van der Waals surface area contributed by atoms with Crippen LogP contribution < -0.4 is 5.32 Å². The largest absolute Gasteiger partial charge is 0.474 e. The van der Waals surface area contributed by atoms with Gasteiger partial charge in [0, 0.05) is 6.92 Å². The predicted octanol–water partition coefficient (Wildman–Crippen LogP) is 6.10. The molecule has 0 bridgehead atoms. The molecule has 11 heteroatoms. The molecular weight excluding hydrogens is 585 g/mol. The third kappa shape index (κ3) is 17.4. The van der Waals surface area contributed by atoms with Gasteiger partial charge in [-0.3, -0.25) is 13.8 Å². The molecule has 7 atom stereocenters. The van der Waals surface area contributed by atoms with Crippen LogP contribution in [0.15, 0.2) is 34.9 Å². The monoisotopic (exact) mass is 645 g/mol. The van der Waals surface area contributed by atoms with E-state index in [1.165, 1.54) is 42.9 Å². The maximum atomic E-state index is 12.6. The Bertz CT molecular complexity index is 980. The lowest BCUT2D eigenvalue weighted by atomic mass is 9.97. The van der Waals surface area contributed by atoms with Crippen molar-refractivity contribution in [3.63, 3.8) is 0 Å². The first-order chi connectivity index (χ1) is 20.6. The van der Waals surface area contributed by atoms with Gasteiger partial charge in [0.1, 0.15) is 24.4 Å². The maximum absolute atomic E-state index is 12.6. The van der Waals surface area contributed by atoms with E-state index < -0.39 is 51.0 Å². The predicted molar refractivity (Wildman–Crippen MR) is 174 cm³/mol. The van der Waals surface area contributed by atoms with Crippen LogP contribution in [0.5, 0.6) is 0 Å². The first-order valence-corrected chi connectivity index (χ1v) is 17.7. The Morgan fingerprint density at radius 3 is 2.00 bits per heavy atom. The van der Waals surface area contributed by atoms with Gasteiger partial charge in [-0.05, 0) is 90.4 Å². The van der Waals surface area contributed by atoms with Crippen molar-refractivity contribution in [3.05, 3.63) is 34.9 Å². The van der Waals surface area contributed by atoms with Crippen LogP contribution in [0.1, 0.15) is 113 Å². The molecule has 1 amide bonds. The summed E-state index contributed by atoms with van der Waals surface area (Å²) in [6.45, 7) is 13.7. The number of amides is 1. The lowest BCUT2D eigenvalue weighted by Crippen LogP contribution is -2.64. The number of hydrogen-bond donors (Lipinski definition) is 5. The first-order valence-electron chi connectivity index (χ1n) is 16.2. The van der Waals surface area contributed by atoms with E-state index in [2.05, 4.69) is 58.2 Å². The summed E-state index contributed by atoms with van der Waals surface area (Å²) in [5.74, 6) is 0.439. The molecule has 44 heavy (non-hydrogen) atoms. The van der Waals surface area contributed by atoms with Crippen molar-refractivity contribution in [2.45, 2.75) is 143 Å². The molecule has 1 heterocycles. The quantitative estimate of drug-likeness (QED) is 0.0736. The summed E-state index contributed by atoms with van der Waals surface area (Å²) < 4.78 is 28.1. The van der Waals surface area contributed by atoms with E-state index in [1.54, 1.807) is 0 Å². The van der Waals surface area contributed by atoms with E-state index in [1.807, 2.05) is 6.92 Å². The minimum Gasteiger partial charge on any atom is -0.394 e. The SMILES string of the molecule is CC(=O)N[C@H]1[C@@H](OP(=O)(O)OCC[C@@H](C)CC/C=C(/C)CC/C=C(\C)CC/C=C(\C)CCCC(C)C)O[C@H](CO)[C@@H](O)[C@@H]1O. The Balaban J connectivity index is 2.38. The van der Waals surface area contributed by atoms with E-state index in [4.69, 9.17) is 13.8 Å². The highest BCUT2D eigenvalue weighted by Gasteiger charge is 2.47. The van der Waals surface area contributed by atoms with Gasteiger partial charge in [0.2, 0.25) is 5.91 Å². The molecule has 0 aliphatic carbocycles. The molecular formula is C33H60NO9P. The number of carbonyl (C=O) groups is 1. The van der Waals surface area contributed by atoms with Gasteiger partial charge in [0.05, 0.1) is 13.2 Å². The van der Waals surface area contributed by atoms with Crippen molar-refractivity contribution in [2.24, 2.45) is 11.8 Å². The van der Waals surface area contributed by atoms with E-state index in [0.29, 0.717) is 6.42 Å². The van der Waals surface area contributed by atoms with Crippen molar-refractivity contribution in [2.75, 3.05) is 13.2 Å². The number of aliphatic hydroxyl groups excluding tert-OH is 3. The highest BCUT2D eigenvalue weighted by molar-refractivity contribution is 7.47. The van der Waals surface area contributed by atoms with Gasteiger partial charge in [-0.25, -0.2) is 4.57 Å². The fourth-order valence-corrected chi connectivity index (χ4v) is 5.88. The average Bonchev–Trinajstić information content (AvgIpc) is 2.92. The summed E-state index contributed by atoms with van der Waals surface area (Å²) in [5.41, 5.74) is 4.29.